The van der Waals surface area contributed by atoms with Crippen LogP contribution in [0.1, 0.15) is 31.5 Å². The van der Waals surface area contributed by atoms with Crippen molar-refractivity contribution in [3.63, 3.8) is 0 Å². The maximum absolute atomic E-state index is 9.26. The summed E-state index contributed by atoms with van der Waals surface area (Å²) in [7, 11) is 0. The molecule has 2 aromatic rings. The molecule has 3 unspecified atom stereocenters. The zero-order valence-corrected chi connectivity index (χ0v) is 15.6. The fourth-order valence-electron chi connectivity index (χ4n) is 3.51. The van der Waals surface area contributed by atoms with Gasteiger partial charge in [-0.05, 0) is 30.0 Å². The van der Waals surface area contributed by atoms with Crippen molar-refractivity contribution in [3.8, 4) is 17.2 Å². The molecule has 0 fully saturated rings. The van der Waals surface area contributed by atoms with E-state index in [0.29, 0.717) is 28.9 Å². The van der Waals surface area contributed by atoms with Crippen LogP contribution in [0.2, 0.25) is 0 Å². The molecular weight excluding hydrogens is 336 g/mol. The van der Waals surface area contributed by atoms with Crippen molar-refractivity contribution in [1.29, 1.82) is 5.26 Å². The molecule has 0 aliphatic heterocycles. The molecule has 5 heteroatoms. The van der Waals surface area contributed by atoms with E-state index in [1.54, 1.807) is 12.3 Å². The number of rotatable bonds is 4. The standard InChI is InChI=1S/C22H24N4O/c1-14-11-21(27-25)22(24)19(15(14)2)10-9-18-8-7-17(13-26-18)20-6-4-3-5-16(20)12-23/h3-10,13-15,19H,11,24-25H2,1-2H3/b10-9+. The highest BCUT2D eigenvalue weighted by atomic mass is 16.6. The molecule has 5 nitrogen and oxygen atoms in total. The van der Waals surface area contributed by atoms with Gasteiger partial charge in [-0.2, -0.15) is 11.2 Å². The summed E-state index contributed by atoms with van der Waals surface area (Å²) in [6, 6.07) is 13.6. The van der Waals surface area contributed by atoms with Crippen LogP contribution in [-0.4, -0.2) is 4.98 Å². The summed E-state index contributed by atoms with van der Waals surface area (Å²) in [6.45, 7) is 4.37. The average molecular weight is 360 g/mol. The highest BCUT2D eigenvalue weighted by molar-refractivity contribution is 5.70. The number of hydrogen-bond donors (Lipinski definition) is 2. The number of hydrogen-bond acceptors (Lipinski definition) is 5. The third kappa shape index (κ3) is 3.86. The molecule has 1 aliphatic rings. The Morgan fingerprint density at radius 3 is 2.67 bits per heavy atom. The summed E-state index contributed by atoms with van der Waals surface area (Å²) in [6.07, 6.45) is 6.59. The fourth-order valence-corrected chi connectivity index (χ4v) is 3.51. The average Bonchev–Trinajstić information content (AvgIpc) is 2.71. The van der Waals surface area contributed by atoms with Gasteiger partial charge in [0, 0.05) is 29.7 Å². The lowest BCUT2D eigenvalue weighted by atomic mass is 9.75. The minimum Gasteiger partial charge on any atom is -0.414 e. The van der Waals surface area contributed by atoms with Crippen LogP contribution in [0.25, 0.3) is 17.2 Å². The van der Waals surface area contributed by atoms with E-state index in [4.69, 9.17) is 16.5 Å². The van der Waals surface area contributed by atoms with Crippen molar-refractivity contribution >= 4 is 6.08 Å². The summed E-state index contributed by atoms with van der Waals surface area (Å²) in [5.74, 6) is 6.93. The predicted molar refractivity (Wildman–Crippen MR) is 106 cm³/mol. The van der Waals surface area contributed by atoms with Crippen molar-refractivity contribution in [3.05, 3.63) is 71.4 Å². The van der Waals surface area contributed by atoms with E-state index in [1.807, 2.05) is 36.4 Å². The summed E-state index contributed by atoms with van der Waals surface area (Å²) >= 11 is 0. The lowest BCUT2D eigenvalue weighted by Crippen LogP contribution is -2.31. The van der Waals surface area contributed by atoms with E-state index in [-0.39, 0.29) is 5.92 Å². The van der Waals surface area contributed by atoms with Gasteiger partial charge in [-0.25, -0.2) is 0 Å². The minimum atomic E-state index is 0.0630. The molecule has 3 rings (SSSR count). The van der Waals surface area contributed by atoms with Crippen LogP contribution in [-0.2, 0) is 4.84 Å². The zero-order chi connectivity index (χ0) is 19.4. The molecule has 1 aliphatic carbocycles. The van der Waals surface area contributed by atoms with Gasteiger partial charge in [-0.3, -0.25) is 4.98 Å². The van der Waals surface area contributed by atoms with Gasteiger partial charge < -0.3 is 10.6 Å². The molecule has 0 amide bonds. The number of benzene rings is 1. The normalized spacial score (nSPS) is 22.7. The first kappa shape index (κ1) is 18.7. The number of allylic oxidation sites excluding steroid dienone is 2. The highest BCUT2D eigenvalue weighted by Crippen LogP contribution is 2.37. The van der Waals surface area contributed by atoms with E-state index >= 15 is 0 Å². The molecule has 0 radical (unpaired) electrons. The molecule has 0 bridgehead atoms. The van der Waals surface area contributed by atoms with Crippen LogP contribution in [0, 0.1) is 29.1 Å². The quantitative estimate of drug-likeness (QED) is 0.804. The van der Waals surface area contributed by atoms with Crippen LogP contribution in [0.4, 0.5) is 0 Å². The Labute approximate surface area is 159 Å². The Balaban J connectivity index is 1.83. The summed E-state index contributed by atoms with van der Waals surface area (Å²) in [4.78, 5) is 9.48. The van der Waals surface area contributed by atoms with Crippen LogP contribution in [0.3, 0.4) is 0 Å². The van der Waals surface area contributed by atoms with E-state index in [9.17, 15) is 5.26 Å². The van der Waals surface area contributed by atoms with Crippen molar-refractivity contribution in [2.24, 2.45) is 29.4 Å². The van der Waals surface area contributed by atoms with E-state index < -0.39 is 0 Å². The summed E-state index contributed by atoms with van der Waals surface area (Å²) in [5, 5.41) is 9.26. The first-order valence-electron chi connectivity index (χ1n) is 9.04. The van der Waals surface area contributed by atoms with Crippen LogP contribution in [0.5, 0.6) is 0 Å². The van der Waals surface area contributed by atoms with Crippen molar-refractivity contribution in [2.75, 3.05) is 0 Å². The SMILES string of the molecule is CC1CC(ON)=C(N)C(/C=C/c2ccc(-c3ccccc3C#N)cn2)C1C. The topological polar surface area (TPSA) is 98.0 Å². The second-order valence-corrected chi connectivity index (χ2v) is 7.05. The molecule has 3 atom stereocenters. The first-order chi connectivity index (χ1) is 13.0. The first-order valence-corrected chi connectivity index (χ1v) is 9.04. The van der Waals surface area contributed by atoms with Crippen molar-refractivity contribution in [2.45, 2.75) is 20.3 Å². The monoisotopic (exact) mass is 360 g/mol. The molecule has 0 spiro atoms. The number of aromatic nitrogens is 1. The molecule has 0 saturated carbocycles. The second-order valence-electron chi connectivity index (χ2n) is 7.05. The predicted octanol–water partition coefficient (Wildman–Crippen LogP) is 3.99. The van der Waals surface area contributed by atoms with Gasteiger partial charge in [0.2, 0.25) is 0 Å². The smallest absolute Gasteiger partial charge is 0.143 e. The maximum Gasteiger partial charge on any atom is 0.143 e. The third-order valence-electron chi connectivity index (χ3n) is 5.41. The van der Waals surface area contributed by atoms with Gasteiger partial charge in [-0.15, -0.1) is 0 Å². The molecule has 0 saturated heterocycles. The Morgan fingerprint density at radius 1 is 1.22 bits per heavy atom. The number of nitriles is 1. The van der Waals surface area contributed by atoms with Gasteiger partial charge in [-0.1, -0.05) is 44.2 Å². The third-order valence-corrected chi connectivity index (χ3v) is 5.41. The van der Waals surface area contributed by atoms with Gasteiger partial charge in [0.15, 0.2) is 0 Å². The molecule has 27 heavy (non-hydrogen) atoms. The Bertz CT molecular complexity index is 909. The second kappa shape index (κ2) is 8.07. The number of nitrogens with zero attached hydrogens (tertiary/aromatic N) is 2. The lowest BCUT2D eigenvalue weighted by molar-refractivity contribution is 0.158. The molecular formula is C22H24N4O. The van der Waals surface area contributed by atoms with Gasteiger partial charge >= 0.3 is 0 Å². The minimum absolute atomic E-state index is 0.0630. The Kier molecular flexibility index (Phi) is 5.58. The van der Waals surface area contributed by atoms with Gasteiger partial charge in [0.05, 0.1) is 23.0 Å². The fraction of sp³-hybridized carbons (Fsp3) is 0.273. The number of nitrogens with two attached hydrogens (primary N) is 2. The highest BCUT2D eigenvalue weighted by Gasteiger charge is 2.31. The summed E-state index contributed by atoms with van der Waals surface area (Å²) in [5.41, 5.74) is 10.2. The van der Waals surface area contributed by atoms with Crippen molar-refractivity contribution < 1.29 is 4.84 Å². The van der Waals surface area contributed by atoms with E-state index in [2.05, 4.69) is 31.0 Å². The Morgan fingerprint density at radius 2 is 2.00 bits per heavy atom. The molecule has 1 aromatic heterocycles. The van der Waals surface area contributed by atoms with Crippen LogP contribution in [0.15, 0.2) is 60.1 Å². The van der Waals surface area contributed by atoms with E-state index in [1.165, 1.54) is 0 Å². The molecule has 4 N–H and O–H groups in total. The van der Waals surface area contributed by atoms with E-state index in [0.717, 1.165) is 23.2 Å². The van der Waals surface area contributed by atoms with Gasteiger partial charge in [0.25, 0.3) is 0 Å². The zero-order valence-electron chi connectivity index (χ0n) is 15.6. The van der Waals surface area contributed by atoms with Crippen molar-refractivity contribution in [1.82, 2.24) is 4.98 Å². The largest absolute Gasteiger partial charge is 0.414 e. The van der Waals surface area contributed by atoms with Gasteiger partial charge in [0.1, 0.15) is 5.76 Å². The molecule has 1 heterocycles. The molecule has 1 aromatic carbocycles. The summed E-state index contributed by atoms with van der Waals surface area (Å²) < 4.78 is 0. The molecule has 138 valence electrons. The van der Waals surface area contributed by atoms with Crippen LogP contribution < -0.4 is 11.6 Å². The Hall–Kier alpha value is -3.10. The lowest BCUT2D eigenvalue weighted by Gasteiger charge is -2.33. The number of pyridine rings is 1. The van der Waals surface area contributed by atoms with Crippen LogP contribution >= 0.6 is 0 Å². The maximum atomic E-state index is 9.26.